The van der Waals surface area contributed by atoms with Gasteiger partial charge in [-0.2, -0.15) is 4.31 Å². The van der Waals surface area contributed by atoms with Gasteiger partial charge in [-0.25, -0.2) is 8.42 Å². The van der Waals surface area contributed by atoms with Gasteiger partial charge in [0, 0.05) is 37.4 Å². The van der Waals surface area contributed by atoms with Crippen molar-refractivity contribution >= 4 is 21.5 Å². The van der Waals surface area contributed by atoms with Gasteiger partial charge in [0.05, 0.1) is 6.26 Å². The second-order valence-electron chi connectivity index (χ2n) is 4.76. The summed E-state index contributed by atoms with van der Waals surface area (Å²) >= 11 is 0. The molecule has 1 aliphatic heterocycles. The Balaban J connectivity index is 2.04. The number of allylic oxidation sites excluding steroid dienone is 1. The standard InChI is InChI=1S/C14H18N2O3S/c1-3-14(17)12-4-6-13(7-5-12)15-8-10-16(11-9-15)20(2,18)19/h3-7H,1,8-11H2,2H3. The molecule has 0 N–H and O–H groups in total. The molecule has 0 aromatic heterocycles. The number of ketones is 1. The minimum atomic E-state index is -3.10. The Morgan fingerprint density at radius 3 is 2.15 bits per heavy atom. The number of anilines is 1. The molecule has 1 aromatic carbocycles. The molecule has 2 rings (SSSR count). The van der Waals surface area contributed by atoms with Gasteiger partial charge in [0.15, 0.2) is 5.78 Å². The van der Waals surface area contributed by atoms with Gasteiger partial charge in [-0.05, 0) is 30.3 Å². The van der Waals surface area contributed by atoms with Crippen molar-refractivity contribution in [2.24, 2.45) is 0 Å². The van der Waals surface area contributed by atoms with Crippen molar-refractivity contribution in [3.8, 4) is 0 Å². The molecule has 6 heteroatoms. The maximum atomic E-state index is 11.4. The molecule has 1 saturated heterocycles. The van der Waals surface area contributed by atoms with E-state index in [9.17, 15) is 13.2 Å². The van der Waals surface area contributed by atoms with E-state index < -0.39 is 10.0 Å². The van der Waals surface area contributed by atoms with Crippen LogP contribution in [0, 0.1) is 0 Å². The minimum Gasteiger partial charge on any atom is -0.369 e. The Hall–Kier alpha value is -1.66. The molecule has 1 aliphatic rings. The fraction of sp³-hybridized carbons (Fsp3) is 0.357. The van der Waals surface area contributed by atoms with Gasteiger partial charge in [0.2, 0.25) is 10.0 Å². The topological polar surface area (TPSA) is 57.7 Å². The highest BCUT2D eigenvalue weighted by atomic mass is 32.2. The Morgan fingerprint density at radius 1 is 1.15 bits per heavy atom. The van der Waals surface area contributed by atoms with Gasteiger partial charge in [-0.15, -0.1) is 0 Å². The van der Waals surface area contributed by atoms with Crippen LogP contribution >= 0.6 is 0 Å². The maximum absolute atomic E-state index is 11.4. The smallest absolute Gasteiger partial charge is 0.211 e. The second kappa shape index (κ2) is 5.76. The molecule has 1 aromatic rings. The van der Waals surface area contributed by atoms with Gasteiger partial charge in [-0.3, -0.25) is 4.79 Å². The molecule has 20 heavy (non-hydrogen) atoms. The summed E-state index contributed by atoms with van der Waals surface area (Å²) in [5, 5.41) is 0. The Bertz CT molecular complexity index is 600. The predicted octanol–water partition coefficient (Wildman–Crippen LogP) is 1.14. The first-order valence-electron chi connectivity index (χ1n) is 6.39. The lowest BCUT2D eigenvalue weighted by molar-refractivity contribution is 0.104. The molecule has 108 valence electrons. The van der Waals surface area contributed by atoms with E-state index >= 15 is 0 Å². The molecule has 1 fully saturated rings. The maximum Gasteiger partial charge on any atom is 0.211 e. The number of carbonyl (C=O) groups excluding carboxylic acids is 1. The third-order valence-corrected chi connectivity index (χ3v) is 4.71. The summed E-state index contributed by atoms with van der Waals surface area (Å²) in [5.74, 6) is -0.0987. The lowest BCUT2D eigenvalue weighted by Crippen LogP contribution is -2.48. The van der Waals surface area contributed by atoms with Crippen molar-refractivity contribution in [3.63, 3.8) is 0 Å². The fourth-order valence-electron chi connectivity index (χ4n) is 2.23. The van der Waals surface area contributed by atoms with Crippen LogP contribution in [0.25, 0.3) is 0 Å². The Labute approximate surface area is 119 Å². The van der Waals surface area contributed by atoms with Crippen LogP contribution in [0.1, 0.15) is 10.4 Å². The van der Waals surface area contributed by atoms with E-state index in [0.717, 1.165) is 5.69 Å². The van der Waals surface area contributed by atoms with E-state index in [0.29, 0.717) is 31.7 Å². The van der Waals surface area contributed by atoms with Gasteiger partial charge in [-0.1, -0.05) is 6.58 Å². The zero-order chi connectivity index (χ0) is 14.8. The number of benzene rings is 1. The Kier molecular flexibility index (Phi) is 4.25. The molecule has 0 radical (unpaired) electrons. The molecule has 5 nitrogen and oxygen atoms in total. The largest absolute Gasteiger partial charge is 0.369 e. The fourth-order valence-corrected chi connectivity index (χ4v) is 3.06. The highest BCUT2D eigenvalue weighted by molar-refractivity contribution is 7.88. The van der Waals surface area contributed by atoms with Crippen LogP contribution in [0.15, 0.2) is 36.9 Å². The summed E-state index contributed by atoms with van der Waals surface area (Å²) in [4.78, 5) is 13.6. The van der Waals surface area contributed by atoms with Gasteiger partial charge < -0.3 is 4.90 Å². The number of nitrogens with zero attached hydrogens (tertiary/aromatic N) is 2. The molecular weight excluding hydrogens is 276 g/mol. The van der Waals surface area contributed by atoms with Gasteiger partial charge >= 0.3 is 0 Å². The summed E-state index contributed by atoms with van der Waals surface area (Å²) in [5.41, 5.74) is 1.61. The van der Waals surface area contributed by atoms with Crippen LogP contribution in [-0.2, 0) is 10.0 Å². The predicted molar refractivity (Wildman–Crippen MR) is 79.6 cm³/mol. The molecule has 0 unspecified atom stereocenters. The van der Waals surface area contributed by atoms with Gasteiger partial charge in [0.1, 0.15) is 0 Å². The zero-order valence-electron chi connectivity index (χ0n) is 11.4. The van der Waals surface area contributed by atoms with Crippen molar-refractivity contribution in [2.75, 3.05) is 37.3 Å². The zero-order valence-corrected chi connectivity index (χ0v) is 12.3. The van der Waals surface area contributed by atoms with E-state index in [2.05, 4.69) is 11.5 Å². The SMILES string of the molecule is C=CC(=O)c1ccc(N2CCN(S(C)(=O)=O)CC2)cc1. The lowest BCUT2D eigenvalue weighted by atomic mass is 10.1. The van der Waals surface area contributed by atoms with Crippen LogP contribution in [-0.4, -0.2) is 50.9 Å². The van der Waals surface area contributed by atoms with Crippen LogP contribution in [0.5, 0.6) is 0 Å². The first-order chi connectivity index (χ1) is 9.41. The van der Waals surface area contributed by atoms with Crippen LogP contribution < -0.4 is 4.90 Å². The van der Waals surface area contributed by atoms with Crippen molar-refractivity contribution < 1.29 is 13.2 Å². The van der Waals surface area contributed by atoms with Crippen molar-refractivity contribution in [3.05, 3.63) is 42.5 Å². The number of rotatable bonds is 4. The highest BCUT2D eigenvalue weighted by Crippen LogP contribution is 2.18. The summed E-state index contributed by atoms with van der Waals surface area (Å²) in [6.45, 7) is 5.75. The van der Waals surface area contributed by atoms with E-state index in [4.69, 9.17) is 0 Å². The highest BCUT2D eigenvalue weighted by Gasteiger charge is 2.23. The number of piperazine rings is 1. The van der Waals surface area contributed by atoms with E-state index in [1.54, 1.807) is 12.1 Å². The van der Waals surface area contributed by atoms with Crippen molar-refractivity contribution in [2.45, 2.75) is 0 Å². The van der Waals surface area contributed by atoms with Crippen LogP contribution in [0.2, 0.25) is 0 Å². The molecule has 0 aliphatic carbocycles. The molecule has 0 amide bonds. The average Bonchev–Trinajstić information content (AvgIpc) is 2.46. The molecular formula is C14H18N2O3S. The quantitative estimate of drug-likeness (QED) is 0.617. The number of hydrogen-bond acceptors (Lipinski definition) is 4. The first kappa shape index (κ1) is 14.7. The number of hydrogen-bond donors (Lipinski definition) is 0. The molecule has 0 spiro atoms. The van der Waals surface area contributed by atoms with Crippen molar-refractivity contribution in [1.82, 2.24) is 4.31 Å². The third-order valence-electron chi connectivity index (χ3n) is 3.41. The number of carbonyl (C=O) groups is 1. The molecule has 0 bridgehead atoms. The lowest BCUT2D eigenvalue weighted by Gasteiger charge is -2.34. The summed E-state index contributed by atoms with van der Waals surface area (Å²) < 4.78 is 24.4. The molecule has 0 atom stereocenters. The van der Waals surface area contributed by atoms with E-state index in [1.807, 2.05) is 12.1 Å². The monoisotopic (exact) mass is 294 g/mol. The third kappa shape index (κ3) is 3.26. The van der Waals surface area contributed by atoms with E-state index in [-0.39, 0.29) is 5.78 Å². The minimum absolute atomic E-state index is 0.0987. The summed E-state index contributed by atoms with van der Waals surface area (Å²) in [7, 11) is -3.10. The normalized spacial score (nSPS) is 16.9. The van der Waals surface area contributed by atoms with Crippen LogP contribution in [0.4, 0.5) is 5.69 Å². The van der Waals surface area contributed by atoms with E-state index in [1.165, 1.54) is 16.6 Å². The average molecular weight is 294 g/mol. The molecule has 0 saturated carbocycles. The molecule has 1 heterocycles. The summed E-state index contributed by atoms with van der Waals surface area (Å²) in [6, 6.07) is 7.30. The first-order valence-corrected chi connectivity index (χ1v) is 8.23. The second-order valence-corrected chi connectivity index (χ2v) is 6.75. The van der Waals surface area contributed by atoms with Crippen molar-refractivity contribution in [1.29, 1.82) is 0 Å². The van der Waals surface area contributed by atoms with Crippen LogP contribution in [0.3, 0.4) is 0 Å². The van der Waals surface area contributed by atoms with Gasteiger partial charge in [0.25, 0.3) is 0 Å². The Morgan fingerprint density at radius 2 is 1.70 bits per heavy atom. The number of sulfonamides is 1. The summed E-state index contributed by atoms with van der Waals surface area (Å²) in [6.07, 6.45) is 2.53.